The highest BCUT2D eigenvalue weighted by Crippen LogP contribution is 2.34. The van der Waals surface area contributed by atoms with Gasteiger partial charge in [-0.1, -0.05) is 6.07 Å². The third kappa shape index (κ3) is 3.05. The Morgan fingerprint density at radius 3 is 2.65 bits per heavy atom. The average molecular weight is 380 g/mol. The molecular weight excluding hydrogens is 371 g/mol. The average Bonchev–Trinajstić information content (AvgIpc) is 2.43. The van der Waals surface area contributed by atoms with E-state index in [0.717, 1.165) is 9.13 Å². The Balaban J connectivity index is 2.46. The maximum Gasteiger partial charge on any atom is 0.312 e. The molecule has 2 aromatic carbocycles. The molecule has 2 rings (SSSR count). The number of nitrogens with zero attached hydrogens (tertiary/aromatic N) is 2. The molecule has 0 saturated heterocycles. The molecule has 0 radical (unpaired) electrons. The maximum absolute atomic E-state index is 11.0. The lowest BCUT2D eigenvalue weighted by Crippen LogP contribution is -1.95. The van der Waals surface area contributed by atoms with E-state index in [1.165, 1.54) is 18.2 Å². The standard InChI is InChI=1S/C14H9IN2O3/c1-9-2-4-11(15)14(6-9)20-13-5-3-10(8-16)7-12(13)17(18)19/h2-7H,1H3. The van der Waals surface area contributed by atoms with E-state index in [1.54, 1.807) is 0 Å². The minimum absolute atomic E-state index is 0.123. The predicted molar refractivity (Wildman–Crippen MR) is 81.8 cm³/mol. The second kappa shape index (κ2) is 5.88. The summed E-state index contributed by atoms with van der Waals surface area (Å²) in [6.45, 7) is 1.91. The topological polar surface area (TPSA) is 76.2 Å². The molecular formula is C14H9IN2O3. The zero-order chi connectivity index (χ0) is 14.7. The Bertz CT molecular complexity index is 723. The molecule has 0 saturated carbocycles. The lowest BCUT2D eigenvalue weighted by Gasteiger charge is -2.09. The van der Waals surface area contributed by atoms with Crippen molar-refractivity contribution in [1.29, 1.82) is 5.26 Å². The van der Waals surface area contributed by atoms with Crippen LogP contribution in [0, 0.1) is 31.9 Å². The molecule has 0 bridgehead atoms. The van der Waals surface area contributed by atoms with E-state index in [-0.39, 0.29) is 17.0 Å². The van der Waals surface area contributed by atoms with Crippen molar-refractivity contribution in [3.8, 4) is 17.6 Å². The van der Waals surface area contributed by atoms with Gasteiger partial charge in [-0.15, -0.1) is 0 Å². The summed E-state index contributed by atoms with van der Waals surface area (Å²) in [6.07, 6.45) is 0. The summed E-state index contributed by atoms with van der Waals surface area (Å²) >= 11 is 2.10. The zero-order valence-electron chi connectivity index (χ0n) is 10.5. The van der Waals surface area contributed by atoms with Crippen LogP contribution in [0.25, 0.3) is 0 Å². The van der Waals surface area contributed by atoms with E-state index in [9.17, 15) is 10.1 Å². The number of nitro benzene ring substituents is 1. The van der Waals surface area contributed by atoms with Crippen molar-refractivity contribution >= 4 is 28.3 Å². The van der Waals surface area contributed by atoms with E-state index in [1.807, 2.05) is 31.2 Å². The van der Waals surface area contributed by atoms with Crippen LogP contribution in [0.5, 0.6) is 11.5 Å². The third-order valence-electron chi connectivity index (χ3n) is 2.59. The summed E-state index contributed by atoms with van der Waals surface area (Å²) < 4.78 is 6.48. The van der Waals surface area contributed by atoms with Gasteiger partial charge in [-0.25, -0.2) is 0 Å². The van der Waals surface area contributed by atoms with Gasteiger partial charge in [0.15, 0.2) is 0 Å². The first-order chi connectivity index (χ1) is 9.51. The Kier molecular flexibility index (Phi) is 4.20. The largest absolute Gasteiger partial charge is 0.449 e. The van der Waals surface area contributed by atoms with Crippen molar-refractivity contribution < 1.29 is 9.66 Å². The van der Waals surface area contributed by atoms with Gasteiger partial charge < -0.3 is 4.74 Å². The first-order valence-electron chi connectivity index (χ1n) is 5.64. The lowest BCUT2D eigenvalue weighted by atomic mass is 10.2. The van der Waals surface area contributed by atoms with E-state index >= 15 is 0 Å². The van der Waals surface area contributed by atoms with E-state index < -0.39 is 4.92 Å². The second-order valence-corrected chi connectivity index (χ2v) is 5.25. The monoisotopic (exact) mass is 380 g/mol. The van der Waals surface area contributed by atoms with E-state index in [0.29, 0.717) is 5.75 Å². The molecule has 0 N–H and O–H groups in total. The number of benzene rings is 2. The molecule has 100 valence electrons. The summed E-state index contributed by atoms with van der Waals surface area (Å²) in [5.74, 6) is 0.677. The summed E-state index contributed by atoms with van der Waals surface area (Å²) in [5.41, 5.74) is 1.00. The van der Waals surface area contributed by atoms with Crippen LogP contribution in [0.1, 0.15) is 11.1 Å². The van der Waals surface area contributed by atoms with Gasteiger partial charge in [-0.05, 0) is 59.3 Å². The lowest BCUT2D eigenvalue weighted by molar-refractivity contribution is -0.385. The molecule has 0 aliphatic carbocycles. The van der Waals surface area contributed by atoms with Crippen LogP contribution in [0.3, 0.4) is 0 Å². The molecule has 0 unspecified atom stereocenters. The van der Waals surface area contributed by atoms with Crippen LogP contribution in [0.2, 0.25) is 0 Å². The number of hydrogen-bond donors (Lipinski definition) is 0. The van der Waals surface area contributed by atoms with Gasteiger partial charge in [0.05, 0.1) is 20.1 Å². The minimum Gasteiger partial charge on any atom is -0.449 e. The molecule has 0 fully saturated rings. The quantitative estimate of drug-likeness (QED) is 0.455. The third-order valence-corrected chi connectivity index (χ3v) is 3.48. The summed E-state index contributed by atoms with van der Waals surface area (Å²) in [5, 5.41) is 19.8. The number of aryl methyl sites for hydroxylation is 1. The molecule has 5 nitrogen and oxygen atoms in total. The second-order valence-electron chi connectivity index (χ2n) is 4.09. The first-order valence-corrected chi connectivity index (χ1v) is 6.71. The van der Waals surface area contributed by atoms with Gasteiger partial charge in [0.25, 0.3) is 0 Å². The van der Waals surface area contributed by atoms with Gasteiger partial charge in [0.1, 0.15) is 5.75 Å². The Hall–Kier alpha value is -2.14. The van der Waals surface area contributed by atoms with E-state index in [2.05, 4.69) is 22.6 Å². The normalized spacial score (nSPS) is 9.85. The highest BCUT2D eigenvalue weighted by molar-refractivity contribution is 14.1. The number of nitro groups is 1. The Labute approximate surface area is 129 Å². The predicted octanol–water partition coefficient (Wildman–Crippen LogP) is 4.17. The van der Waals surface area contributed by atoms with Gasteiger partial charge in [-0.2, -0.15) is 5.26 Å². The van der Waals surface area contributed by atoms with Crippen LogP contribution >= 0.6 is 22.6 Å². The highest BCUT2D eigenvalue weighted by Gasteiger charge is 2.17. The fraction of sp³-hybridized carbons (Fsp3) is 0.0714. The highest BCUT2D eigenvalue weighted by atomic mass is 127. The molecule has 0 heterocycles. The fourth-order valence-corrected chi connectivity index (χ4v) is 2.07. The van der Waals surface area contributed by atoms with Crippen LogP contribution < -0.4 is 4.74 Å². The van der Waals surface area contributed by atoms with Crippen LogP contribution in [0.15, 0.2) is 36.4 Å². The van der Waals surface area contributed by atoms with Crippen LogP contribution in [-0.4, -0.2) is 4.92 Å². The van der Waals surface area contributed by atoms with E-state index in [4.69, 9.17) is 10.00 Å². The summed E-state index contributed by atoms with van der Waals surface area (Å²) in [4.78, 5) is 10.5. The Morgan fingerprint density at radius 1 is 1.25 bits per heavy atom. The SMILES string of the molecule is Cc1ccc(I)c(Oc2ccc(C#N)cc2[N+](=O)[O-])c1. The molecule has 0 aromatic heterocycles. The molecule has 20 heavy (non-hydrogen) atoms. The van der Waals surface area contributed by atoms with Crippen molar-refractivity contribution in [3.63, 3.8) is 0 Å². The first kappa shape index (κ1) is 14.3. The van der Waals surface area contributed by atoms with Crippen molar-refractivity contribution in [2.45, 2.75) is 6.92 Å². The van der Waals surface area contributed by atoms with Gasteiger partial charge >= 0.3 is 5.69 Å². The van der Waals surface area contributed by atoms with Crippen LogP contribution in [0.4, 0.5) is 5.69 Å². The molecule has 2 aromatic rings. The number of nitriles is 1. The van der Waals surface area contributed by atoms with Gasteiger partial charge in [0, 0.05) is 6.07 Å². The molecule has 6 heteroatoms. The van der Waals surface area contributed by atoms with Crippen molar-refractivity contribution in [3.05, 3.63) is 61.2 Å². The number of rotatable bonds is 3. The molecule has 0 spiro atoms. The smallest absolute Gasteiger partial charge is 0.312 e. The molecule has 0 amide bonds. The molecule has 0 aliphatic heterocycles. The minimum atomic E-state index is -0.557. The zero-order valence-corrected chi connectivity index (χ0v) is 12.6. The number of hydrogen-bond acceptors (Lipinski definition) is 4. The fourth-order valence-electron chi connectivity index (χ4n) is 1.62. The van der Waals surface area contributed by atoms with Crippen molar-refractivity contribution in [2.24, 2.45) is 0 Å². The van der Waals surface area contributed by atoms with Gasteiger partial charge in [-0.3, -0.25) is 10.1 Å². The van der Waals surface area contributed by atoms with Crippen LogP contribution in [-0.2, 0) is 0 Å². The molecule has 0 aliphatic rings. The van der Waals surface area contributed by atoms with Gasteiger partial charge in [0.2, 0.25) is 5.75 Å². The van der Waals surface area contributed by atoms with Crippen molar-refractivity contribution in [2.75, 3.05) is 0 Å². The number of halogens is 1. The van der Waals surface area contributed by atoms with Crippen molar-refractivity contribution in [1.82, 2.24) is 0 Å². The Morgan fingerprint density at radius 2 is 2.00 bits per heavy atom. The summed E-state index contributed by atoms with van der Waals surface area (Å²) in [7, 11) is 0. The molecule has 0 atom stereocenters. The number of ether oxygens (including phenoxy) is 1. The maximum atomic E-state index is 11.0. The summed E-state index contributed by atoms with van der Waals surface area (Å²) in [6, 6.07) is 11.6.